The fraction of sp³-hybridized carbons (Fsp3) is 0.462. The molecule has 0 amide bonds. The second kappa shape index (κ2) is 10.5. The van der Waals surface area contributed by atoms with Gasteiger partial charge in [-0.25, -0.2) is 8.78 Å². The monoisotopic (exact) mass is 442 g/mol. The Labute approximate surface area is 191 Å². The quantitative estimate of drug-likeness (QED) is 0.553. The molecule has 2 saturated heterocycles. The Morgan fingerprint density at radius 1 is 1.31 bits per heavy atom. The van der Waals surface area contributed by atoms with E-state index in [1.807, 2.05) is 6.08 Å². The predicted octanol–water partition coefficient (Wildman–Crippen LogP) is 5.04. The van der Waals surface area contributed by atoms with Crippen LogP contribution in [0, 0.1) is 11.6 Å². The molecule has 2 atom stereocenters. The van der Waals surface area contributed by atoms with Crippen molar-refractivity contribution in [2.75, 3.05) is 20.1 Å². The molecule has 0 saturated carbocycles. The molecule has 2 heterocycles. The van der Waals surface area contributed by atoms with Crippen molar-refractivity contribution in [1.29, 1.82) is 0 Å². The van der Waals surface area contributed by atoms with Crippen LogP contribution in [0.2, 0.25) is 0 Å². The summed E-state index contributed by atoms with van der Waals surface area (Å²) in [6.45, 7) is 16.9. The molecule has 0 spiro atoms. The molecule has 3 rings (SSSR count). The summed E-state index contributed by atoms with van der Waals surface area (Å²) in [4.78, 5) is 4.84. The minimum absolute atomic E-state index is 0.258. The Hall–Kier alpha value is -2.44. The fourth-order valence-electron chi connectivity index (χ4n) is 4.84. The number of halogens is 2. The van der Waals surface area contributed by atoms with Crippen LogP contribution in [-0.4, -0.2) is 42.1 Å². The van der Waals surface area contributed by atoms with Crippen LogP contribution in [0.1, 0.15) is 45.6 Å². The summed E-state index contributed by atoms with van der Waals surface area (Å²) in [6, 6.07) is 3.97. The van der Waals surface area contributed by atoms with Gasteiger partial charge in [0, 0.05) is 48.4 Å². The average molecular weight is 443 g/mol. The van der Waals surface area contributed by atoms with E-state index in [-0.39, 0.29) is 12.7 Å². The van der Waals surface area contributed by atoms with Gasteiger partial charge in [-0.3, -0.25) is 10.2 Å². The largest absolute Gasteiger partial charge is 0.381 e. The molecule has 2 aliphatic rings. The van der Waals surface area contributed by atoms with Gasteiger partial charge in [0.2, 0.25) is 0 Å². The Bertz CT molecular complexity index is 934. The summed E-state index contributed by atoms with van der Waals surface area (Å²) < 4.78 is 27.2. The number of benzene rings is 1. The van der Waals surface area contributed by atoms with Gasteiger partial charge in [-0.2, -0.15) is 0 Å². The fourth-order valence-corrected chi connectivity index (χ4v) is 4.84. The number of hydrogen-bond acceptors (Lipinski definition) is 4. The van der Waals surface area contributed by atoms with Crippen LogP contribution in [0.5, 0.6) is 0 Å². The van der Waals surface area contributed by atoms with Crippen LogP contribution < -0.4 is 10.6 Å². The molecule has 2 unspecified atom stereocenters. The highest BCUT2D eigenvalue weighted by atomic mass is 19.1. The molecular weight excluding hydrogens is 406 g/mol. The first-order valence-electron chi connectivity index (χ1n) is 11.4. The summed E-state index contributed by atoms with van der Waals surface area (Å²) in [5.74, 6) is -1.12. The normalized spacial score (nSPS) is 23.9. The minimum Gasteiger partial charge on any atom is -0.381 e. The number of allylic oxidation sites excluding steroid dienone is 5. The number of nitrogens with zero attached hydrogens (tertiary/aromatic N) is 2. The van der Waals surface area contributed by atoms with E-state index in [0.717, 1.165) is 49.7 Å². The van der Waals surface area contributed by atoms with Crippen molar-refractivity contribution in [3.8, 4) is 0 Å². The molecular formula is C26H36F2N4. The first kappa shape index (κ1) is 24.2. The third kappa shape index (κ3) is 4.97. The van der Waals surface area contributed by atoms with Crippen molar-refractivity contribution >= 4 is 0 Å². The Morgan fingerprint density at radius 2 is 2.06 bits per heavy atom. The lowest BCUT2D eigenvalue weighted by Gasteiger charge is -2.37. The van der Waals surface area contributed by atoms with Crippen LogP contribution >= 0.6 is 0 Å². The smallest absolute Gasteiger partial charge is 0.131 e. The van der Waals surface area contributed by atoms with Crippen molar-refractivity contribution < 1.29 is 8.78 Å². The van der Waals surface area contributed by atoms with Crippen LogP contribution in [0.25, 0.3) is 0 Å². The van der Waals surface area contributed by atoms with E-state index in [2.05, 4.69) is 61.4 Å². The van der Waals surface area contributed by atoms with Gasteiger partial charge in [-0.1, -0.05) is 32.2 Å². The second-order valence-electron chi connectivity index (χ2n) is 8.66. The Balaban J connectivity index is 1.88. The number of likely N-dealkylation sites (N-methyl/N-ethyl adjacent to an activating group) is 1. The first-order chi connectivity index (χ1) is 15.3. The summed E-state index contributed by atoms with van der Waals surface area (Å²) >= 11 is 0. The molecule has 0 aliphatic carbocycles. The summed E-state index contributed by atoms with van der Waals surface area (Å²) in [7, 11) is 2.17. The van der Waals surface area contributed by atoms with Crippen molar-refractivity contribution in [1.82, 2.24) is 20.4 Å². The summed E-state index contributed by atoms with van der Waals surface area (Å²) in [5.41, 5.74) is 5.92. The first-order valence-corrected chi connectivity index (χ1v) is 11.4. The number of nitrogens with one attached hydrogen (secondary N) is 2. The summed E-state index contributed by atoms with van der Waals surface area (Å²) in [5, 5.41) is 6.90. The molecule has 6 heteroatoms. The van der Waals surface area contributed by atoms with Gasteiger partial charge in [0.15, 0.2) is 0 Å². The lowest BCUT2D eigenvalue weighted by molar-refractivity contribution is 0.179. The number of rotatable bonds is 8. The van der Waals surface area contributed by atoms with Crippen LogP contribution in [0.4, 0.5) is 8.78 Å². The van der Waals surface area contributed by atoms with Crippen molar-refractivity contribution in [3.63, 3.8) is 0 Å². The Morgan fingerprint density at radius 3 is 2.66 bits per heavy atom. The highest BCUT2D eigenvalue weighted by Gasteiger charge is 2.40. The number of likely N-dealkylation sites (tertiary alicyclic amines) is 1. The average Bonchev–Trinajstić information content (AvgIpc) is 3.38. The third-order valence-corrected chi connectivity index (χ3v) is 6.80. The van der Waals surface area contributed by atoms with Crippen molar-refractivity contribution in [3.05, 3.63) is 82.9 Å². The van der Waals surface area contributed by atoms with Gasteiger partial charge in [-0.15, -0.1) is 0 Å². The predicted molar refractivity (Wildman–Crippen MR) is 128 cm³/mol. The van der Waals surface area contributed by atoms with E-state index in [0.29, 0.717) is 11.6 Å². The van der Waals surface area contributed by atoms with Gasteiger partial charge in [0.1, 0.15) is 11.6 Å². The van der Waals surface area contributed by atoms with E-state index >= 15 is 0 Å². The van der Waals surface area contributed by atoms with Crippen LogP contribution in [0.15, 0.2) is 65.7 Å². The SMILES string of the molecule is C=C/C(CC)=C(/C)N1/C(=C(\C)C(=C)NCc2ccc(F)cc2F)CCC1C1NCCN1C. The van der Waals surface area contributed by atoms with Gasteiger partial charge in [0.25, 0.3) is 0 Å². The van der Waals surface area contributed by atoms with Crippen LogP contribution in [0.3, 0.4) is 0 Å². The standard InChI is InChI=1S/C26H36F2N4/c1-7-20(8-2)19(5)32-24(11-12-25(32)26-29-13-14-31(26)6)17(3)18(4)30-16-21-9-10-22(27)15-23(21)28/h7,9-10,15,25-26,29-30H,1,4,8,11-14,16H2,2-3,5-6H3/b20-19+,24-17+. The molecule has 2 N–H and O–H groups in total. The molecule has 0 radical (unpaired) electrons. The third-order valence-electron chi connectivity index (χ3n) is 6.80. The molecule has 1 aromatic carbocycles. The Kier molecular flexibility index (Phi) is 7.91. The van der Waals surface area contributed by atoms with Gasteiger partial charge < -0.3 is 10.2 Å². The molecule has 174 valence electrons. The summed E-state index contributed by atoms with van der Waals surface area (Å²) in [6.07, 6.45) is 5.14. The van der Waals surface area contributed by atoms with Gasteiger partial charge >= 0.3 is 0 Å². The zero-order chi connectivity index (χ0) is 23.4. The topological polar surface area (TPSA) is 30.5 Å². The molecule has 2 fully saturated rings. The molecule has 0 bridgehead atoms. The van der Waals surface area contributed by atoms with E-state index < -0.39 is 11.6 Å². The molecule has 0 aromatic heterocycles. The van der Waals surface area contributed by atoms with E-state index in [9.17, 15) is 8.78 Å². The second-order valence-corrected chi connectivity index (χ2v) is 8.66. The van der Waals surface area contributed by atoms with Crippen molar-refractivity contribution in [2.45, 2.75) is 58.8 Å². The minimum atomic E-state index is -0.572. The maximum Gasteiger partial charge on any atom is 0.131 e. The van der Waals surface area contributed by atoms with E-state index in [1.54, 1.807) is 0 Å². The highest BCUT2D eigenvalue weighted by molar-refractivity contribution is 5.37. The highest BCUT2D eigenvalue weighted by Crippen LogP contribution is 2.38. The van der Waals surface area contributed by atoms with Crippen molar-refractivity contribution in [2.24, 2.45) is 0 Å². The van der Waals surface area contributed by atoms with Gasteiger partial charge in [-0.05, 0) is 57.4 Å². The lowest BCUT2D eigenvalue weighted by Crippen LogP contribution is -2.49. The maximum absolute atomic E-state index is 14.0. The van der Waals surface area contributed by atoms with Crippen LogP contribution in [-0.2, 0) is 6.54 Å². The molecule has 4 nitrogen and oxygen atoms in total. The maximum atomic E-state index is 14.0. The molecule has 32 heavy (non-hydrogen) atoms. The zero-order valence-electron chi connectivity index (χ0n) is 19.8. The number of hydrogen-bond donors (Lipinski definition) is 2. The van der Waals surface area contributed by atoms with E-state index in [4.69, 9.17) is 0 Å². The zero-order valence-corrected chi connectivity index (χ0v) is 19.8. The molecule has 2 aliphatic heterocycles. The lowest BCUT2D eigenvalue weighted by atomic mass is 10.1. The molecule has 1 aromatic rings. The van der Waals surface area contributed by atoms with E-state index in [1.165, 1.54) is 29.1 Å². The van der Waals surface area contributed by atoms with Gasteiger partial charge in [0.05, 0.1) is 12.2 Å².